The van der Waals surface area contributed by atoms with Gasteiger partial charge in [0.05, 0.1) is 28.2 Å². The van der Waals surface area contributed by atoms with Crippen LogP contribution < -0.4 is 15.8 Å². The minimum atomic E-state index is -0.927. The van der Waals surface area contributed by atoms with Crippen LogP contribution in [-0.4, -0.2) is 21.9 Å². The predicted molar refractivity (Wildman–Crippen MR) is 124 cm³/mol. The van der Waals surface area contributed by atoms with Crippen LogP contribution in [-0.2, 0) is 5.54 Å². The van der Waals surface area contributed by atoms with Crippen molar-refractivity contribution in [2.45, 2.75) is 12.5 Å². The minimum Gasteiger partial charge on any atom is -0.480 e. The molecule has 4 rings (SSSR count). The van der Waals surface area contributed by atoms with Crippen molar-refractivity contribution in [3.63, 3.8) is 0 Å². The summed E-state index contributed by atoms with van der Waals surface area (Å²) in [5, 5.41) is 35.4. The van der Waals surface area contributed by atoms with E-state index >= 15 is 0 Å². The summed E-state index contributed by atoms with van der Waals surface area (Å²) in [6, 6.07) is 14.0. The second-order valence-corrected chi connectivity index (χ2v) is 7.74. The number of benzene rings is 2. The molecule has 0 saturated heterocycles. The average molecular weight is 458 g/mol. The van der Waals surface area contributed by atoms with Crippen molar-refractivity contribution in [2.24, 2.45) is 0 Å². The molecule has 1 aliphatic heterocycles. The molecule has 0 saturated carbocycles. The van der Waals surface area contributed by atoms with Crippen LogP contribution >= 0.6 is 0 Å². The van der Waals surface area contributed by atoms with Gasteiger partial charge in [0.15, 0.2) is 0 Å². The Bertz CT molecular complexity index is 1390. The molecule has 1 aliphatic rings. The van der Waals surface area contributed by atoms with Gasteiger partial charge in [-0.2, -0.15) is 10.2 Å². The second kappa shape index (κ2) is 8.18. The van der Waals surface area contributed by atoms with Crippen LogP contribution in [0.3, 0.4) is 0 Å². The molecular weight excluding hydrogens is 440 g/mol. The maximum atomic E-state index is 11.1. The van der Waals surface area contributed by atoms with E-state index in [4.69, 9.17) is 10.5 Å². The third-order valence-electron chi connectivity index (χ3n) is 5.65. The summed E-state index contributed by atoms with van der Waals surface area (Å²) in [5.74, 6) is 0.149. The normalized spacial score (nSPS) is 16.4. The molecule has 0 spiro atoms. The fourth-order valence-electron chi connectivity index (χ4n) is 3.96. The van der Waals surface area contributed by atoms with Gasteiger partial charge in [0.25, 0.3) is 11.4 Å². The van der Waals surface area contributed by atoms with Crippen molar-refractivity contribution in [3.8, 4) is 11.9 Å². The largest absolute Gasteiger partial charge is 0.480 e. The lowest BCUT2D eigenvalue weighted by Gasteiger charge is -2.37. The minimum absolute atomic E-state index is 0.0437. The summed E-state index contributed by atoms with van der Waals surface area (Å²) in [5.41, 5.74) is 8.05. The number of anilines is 2. The van der Waals surface area contributed by atoms with E-state index in [1.165, 1.54) is 31.4 Å². The number of non-ortho nitro benzene ring substituents is 2. The first-order valence-corrected chi connectivity index (χ1v) is 9.97. The van der Waals surface area contributed by atoms with Gasteiger partial charge in [-0.25, -0.2) is 0 Å². The fraction of sp³-hybridized carbons (Fsp3) is 0.130. The number of nitrogens with zero attached hydrogens (tertiary/aromatic N) is 4. The van der Waals surface area contributed by atoms with Gasteiger partial charge >= 0.3 is 0 Å². The Kier molecular flexibility index (Phi) is 5.34. The monoisotopic (exact) mass is 458 g/mol. The number of rotatable bonds is 5. The Balaban J connectivity index is 1.98. The lowest BCUT2D eigenvalue weighted by atomic mass is 9.81. The molecule has 2 heterocycles. The number of nitrogen functional groups attached to an aromatic ring is 1. The molecule has 3 N–H and O–H groups in total. The number of hydrogen-bond donors (Lipinski definition) is 2. The Morgan fingerprint density at radius 1 is 1.06 bits per heavy atom. The molecule has 1 unspecified atom stereocenters. The number of ether oxygens (including phenoxy) is 1. The number of aromatic nitrogens is 1. The second-order valence-electron chi connectivity index (χ2n) is 7.74. The number of nitro benzene ring substituents is 2. The van der Waals surface area contributed by atoms with Crippen molar-refractivity contribution in [3.05, 3.63) is 97.1 Å². The Morgan fingerprint density at radius 2 is 1.62 bits per heavy atom. The highest BCUT2D eigenvalue weighted by Gasteiger charge is 2.35. The van der Waals surface area contributed by atoms with Gasteiger partial charge < -0.3 is 15.8 Å². The molecule has 0 fully saturated rings. The maximum Gasteiger partial charge on any atom is 0.269 e. The topological polar surface area (TPSA) is 170 Å². The molecule has 34 heavy (non-hydrogen) atoms. The molecule has 11 heteroatoms. The van der Waals surface area contributed by atoms with E-state index in [9.17, 15) is 25.5 Å². The first-order chi connectivity index (χ1) is 16.2. The molecular formula is C23H18N6O5. The lowest BCUT2D eigenvalue weighted by Crippen LogP contribution is -2.34. The molecule has 2 aromatic carbocycles. The molecule has 1 aromatic heterocycles. The van der Waals surface area contributed by atoms with Crippen LogP contribution in [0.2, 0.25) is 0 Å². The lowest BCUT2D eigenvalue weighted by molar-refractivity contribution is -0.385. The molecule has 0 radical (unpaired) electrons. The van der Waals surface area contributed by atoms with Crippen molar-refractivity contribution < 1.29 is 14.6 Å². The van der Waals surface area contributed by atoms with Gasteiger partial charge in [-0.05, 0) is 54.0 Å². The summed E-state index contributed by atoms with van der Waals surface area (Å²) >= 11 is 0. The predicted octanol–water partition coefficient (Wildman–Crippen LogP) is 4.13. The Morgan fingerprint density at radius 3 is 2.12 bits per heavy atom. The molecule has 1 atom stereocenters. The maximum absolute atomic E-state index is 11.1. The number of nitrogens with one attached hydrogen (secondary N) is 1. The van der Waals surface area contributed by atoms with E-state index in [1.54, 1.807) is 24.3 Å². The number of nitrogens with two attached hydrogens (primary N) is 1. The third-order valence-corrected chi connectivity index (χ3v) is 5.65. The van der Waals surface area contributed by atoms with Gasteiger partial charge in [0, 0.05) is 29.8 Å². The first-order valence-electron chi connectivity index (χ1n) is 9.97. The van der Waals surface area contributed by atoms with Gasteiger partial charge in [0.1, 0.15) is 17.5 Å². The van der Waals surface area contributed by atoms with Crippen LogP contribution in [0.15, 0.2) is 54.6 Å². The summed E-state index contributed by atoms with van der Waals surface area (Å²) in [7, 11) is 1.38. The first kappa shape index (κ1) is 22.2. The van der Waals surface area contributed by atoms with E-state index in [0.717, 1.165) is 0 Å². The van der Waals surface area contributed by atoms with Crippen LogP contribution in [0.5, 0.6) is 5.88 Å². The highest BCUT2D eigenvalue weighted by atomic mass is 16.6. The van der Waals surface area contributed by atoms with Gasteiger partial charge in [-0.3, -0.25) is 20.2 Å². The fourth-order valence-corrected chi connectivity index (χ4v) is 3.96. The zero-order valence-electron chi connectivity index (χ0n) is 18.1. The smallest absolute Gasteiger partial charge is 0.269 e. The van der Waals surface area contributed by atoms with E-state index in [-0.39, 0.29) is 28.6 Å². The zero-order chi connectivity index (χ0) is 24.6. The van der Waals surface area contributed by atoms with Crippen LogP contribution in [0.4, 0.5) is 22.9 Å². The van der Waals surface area contributed by atoms with Crippen molar-refractivity contribution >= 4 is 28.5 Å². The van der Waals surface area contributed by atoms with Crippen molar-refractivity contribution in [2.75, 3.05) is 18.2 Å². The van der Waals surface area contributed by atoms with Crippen LogP contribution in [0.25, 0.3) is 5.57 Å². The van der Waals surface area contributed by atoms with Gasteiger partial charge in [-0.15, -0.1) is 0 Å². The SMILES string of the molecule is COc1nc(N)c2c(c1C#N)NC(C)(c1ccc([N+](=O)[O-])cc1)C=C2c1ccc([N+](=O)[O-])cc1. The summed E-state index contributed by atoms with van der Waals surface area (Å²) < 4.78 is 5.26. The molecule has 0 bridgehead atoms. The molecule has 0 amide bonds. The number of hydrogen-bond acceptors (Lipinski definition) is 9. The van der Waals surface area contributed by atoms with Crippen molar-refractivity contribution in [1.29, 1.82) is 5.26 Å². The van der Waals surface area contributed by atoms with E-state index in [0.29, 0.717) is 28.0 Å². The number of fused-ring (bicyclic) bond motifs is 1. The third kappa shape index (κ3) is 3.63. The summed E-state index contributed by atoms with van der Waals surface area (Å²) in [4.78, 5) is 25.4. The van der Waals surface area contributed by atoms with Gasteiger partial charge in [0.2, 0.25) is 5.88 Å². The highest BCUT2D eigenvalue weighted by molar-refractivity contribution is 5.96. The number of nitriles is 1. The zero-order valence-corrected chi connectivity index (χ0v) is 18.1. The quantitative estimate of drug-likeness (QED) is 0.421. The van der Waals surface area contributed by atoms with Crippen LogP contribution in [0, 0.1) is 31.6 Å². The summed E-state index contributed by atoms with van der Waals surface area (Å²) in [6.07, 6.45) is 1.85. The molecule has 0 aliphatic carbocycles. The number of methoxy groups -OCH3 is 1. The highest BCUT2D eigenvalue weighted by Crippen LogP contribution is 2.47. The van der Waals surface area contributed by atoms with E-state index < -0.39 is 15.4 Å². The summed E-state index contributed by atoms with van der Waals surface area (Å²) in [6.45, 7) is 1.84. The molecule has 11 nitrogen and oxygen atoms in total. The van der Waals surface area contributed by atoms with E-state index in [2.05, 4.69) is 16.4 Å². The standard InChI is InChI=1S/C23H18N6O5/c1-23(14-5-9-16(10-6-14)29(32)33)11-17(13-3-7-15(8-4-13)28(30)31)19-20(27-23)18(12-24)22(34-2)26-21(19)25/h3-11,27H,1-2H3,(H2,25,26). The van der Waals surface area contributed by atoms with E-state index in [1.807, 2.05) is 13.0 Å². The molecule has 3 aromatic rings. The van der Waals surface area contributed by atoms with Crippen molar-refractivity contribution in [1.82, 2.24) is 4.98 Å². The van der Waals surface area contributed by atoms with Gasteiger partial charge in [-0.1, -0.05) is 0 Å². The van der Waals surface area contributed by atoms with Crippen LogP contribution in [0.1, 0.15) is 29.2 Å². The average Bonchev–Trinajstić information content (AvgIpc) is 2.83. The number of pyridine rings is 1. The Hall–Kier alpha value is -4.98. The number of nitro groups is 2. The molecule has 170 valence electrons. The Labute approximate surface area is 193 Å².